The molecule has 0 radical (unpaired) electrons. The first-order valence-electron chi connectivity index (χ1n) is 7.00. The first-order chi connectivity index (χ1) is 9.06. The van der Waals surface area contributed by atoms with Crippen LogP contribution in [0.1, 0.15) is 60.3 Å². The number of aliphatic hydroxyl groups is 1. The van der Waals surface area contributed by atoms with Crippen LogP contribution >= 0.6 is 0 Å². The molecule has 0 aromatic carbocycles. The molecule has 20 heavy (non-hydrogen) atoms. The van der Waals surface area contributed by atoms with Crippen molar-refractivity contribution < 1.29 is 24.2 Å². The summed E-state index contributed by atoms with van der Waals surface area (Å²) in [7, 11) is 0. The molecule has 3 atom stereocenters. The fourth-order valence-corrected chi connectivity index (χ4v) is 1.61. The average Bonchev–Trinajstić information content (AvgIpc) is 2.31. The molecule has 1 aliphatic heterocycles. The highest BCUT2D eigenvalue weighted by Crippen LogP contribution is 2.28. The summed E-state index contributed by atoms with van der Waals surface area (Å²) in [5.41, 5.74) is 0. The summed E-state index contributed by atoms with van der Waals surface area (Å²) in [6.07, 6.45) is 2.37. The van der Waals surface area contributed by atoms with E-state index < -0.39 is 5.79 Å². The molecule has 1 fully saturated rings. The lowest BCUT2D eigenvalue weighted by atomic mass is 9.94. The highest BCUT2D eigenvalue weighted by atomic mass is 16.7. The molecular formula is C15H26O5. The maximum Gasteiger partial charge on any atom is 0.308 e. The number of carbonyl (C=O) groups is 3. The minimum absolute atomic E-state index is 0.0453. The van der Waals surface area contributed by atoms with E-state index >= 15 is 0 Å². The summed E-state index contributed by atoms with van der Waals surface area (Å²) in [5, 5.41) is 9.37. The van der Waals surface area contributed by atoms with Crippen LogP contribution < -0.4 is 0 Å². The number of esters is 1. The summed E-state index contributed by atoms with van der Waals surface area (Å²) in [6.45, 7) is 8.35. The molecule has 0 spiro atoms. The molecule has 1 saturated heterocycles. The third-order valence-electron chi connectivity index (χ3n) is 3.64. The SMILES string of the molecule is CC(=O)CCC(C)C(C)=O.CC1CCC(=O)OC1(C)O. The summed E-state index contributed by atoms with van der Waals surface area (Å²) in [5.74, 6) is -1.12. The van der Waals surface area contributed by atoms with Gasteiger partial charge in [-0.15, -0.1) is 0 Å². The van der Waals surface area contributed by atoms with E-state index in [1.54, 1.807) is 13.8 Å². The number of Topliss-reactive ketones (excluding diaryl/α,β-unsaturated/α-hetero) is 2. The van der Waals surface area contributed by atoms with Crippen LogP contribution in [0.2, 0.25) is 0 Å². The first kappa shape index (κ1) is 18.8. The van der Waals surface area contributed by atoms with Gasteiger partial charge in [0.05, 0.1) is 0 Å². The molecule has 116 valence electrons. The number of hydrogen-bond acceptors (Lipinski definition) is 5. The van der Waals surface area contributed by atoms with Crippen LogP contribution in [0.25, 0.3) is 0 Å². The Balaban J connectivity index is 0.000000361. The van der Waals surface area contributed by atoms with Crippen molar-refractivity contribution in [3.63, 3.8) is 0 Å². The third-order valence-corrected chi connectivity index (χ3v) is 3.64. The van der Waals surface area contributed by atoms with Crippen LogP contribution in [0.15, 0.2) is 0 Å². The molecule has 5 nitrogen and oxygen atoms in total. The van der Waals surface area contributed by atoms with Crippen molar-refractivity contribution in [2.75, 3.05) is 0 Å². The monoisotopic (exact) mass is 286 g/mol. The van der Waals surface area contributed by atoms with Crippen molar-refractivity contribution in [2.45, 2.75) is 66.1 Å². The molecule has 0 amide bonds. The molecule has 0 aliphatic carbocycles. The van der Waals surface area contributed by atoms with Crippen LogP contribution in [0, 0.1) is 11.8 Å². The molecule has 0 aromatic heterocycles. The summed E-state index contributed by atoms with van der Waals surface area (Å²) in [4.78, 5) is 31.7. The lowest BCUT2D eigenvalue weighted by Gasteiger charge is -2.33. The van der Waals surface area contributed by atoms with E-state index in [2.05, 4.69) is 0 Å². The van der Waals surface area contributed by atoms with Gasteiger partial charge in [-0.25, -0.2) is 0 Å². The van der Waals surface area contributed by atoms with Crippen LogP contribution in [0.3, 0.4) is 0 Å². The highest BCUT2D eigenvalue weighted by Gasteiger charge is 2.36. The molecular weight excluding hydrogens is 260 g/mol. The minimum Gasteiger partial charge on any atom is -0.433 e. The Hall–Kier alpha value is -1.23. The second-order valence-electron chi connectivity index (χ2n) is 5.72. The van der Waals surface area contributed by atoms with Crippen molar-refractivity contribution in [1.82, 2.24) is 0 Å². The zero-order chi connectivity index (χ0) is 15.9. The maximum atomic E-state index is 10.6. The van der Waals surface area contributed by atoms with Gasteiger partial charge in [0.25, 0.3) is 0 Å². The Morgan fingerprint density at radius 3 is 2.35 bits per heavy atom. The standard InChI is InChI=1S/C8H14O2.C7H12O3/c1-6(8(3)10)4-5-7(2)9;1-5-3-4-6(8)10-7(5,2)9/h6H,4-5H2,1-3H3;5,9H,3-4H2,1-2H3. The Labute approximate surface area is 120 Å². The van der Waals surface area contributed by atoms with Gasteiger partial charge < -0.3 is 14.6 Å². The van der Waals surface area contributed by atoms with Gasteiger partial charge in [0.1, 0.15) is 11.6 Å². The fraction of sp³-hybridized carbons (Fsp3) is 0.800. The summed E-state index contributed by atoms with van der Waals surface area (Å²) < 4.78 is 4.70. The van der Waals surface area contributed by atoms with E-state index in [1.165, 1.54) is 6.92 Å². The lowest BCUT2D eigenvalue weighted by Crippen LogP contribution is -2.42. The Kier molecular flexibility index (Phi) is 7.64. The fourth-order valence-electron chi connectivity index (χ4n) is 1.61. The van der Waals surface area contributed by atoms with Gasteiger partial charge in [0.15, 0.2) is 0 Å². The van der Waals surface area contributed by atoms with Crippen LogP contribution in [-0.2, 0) is 19.1 Å². The lowest BCUT2D eigenvalue weighted by molar-refractivity contribution is -0.233. The van der Waals surface area contributed by atoms with Crippen molar-refractivity contribution in [3.8, 4) is 0 Å². The van der Waals surface area contributed by atoms with Crippen molar-refractivity contribution in [3.05, 3.63) is 0 Å². The summed E-state index contributed by atoms with van der Waals surface area (Å²) in [6, 6.07) is 0. The normalized spacial score (nSPS) is 26.9. The molecule has 0 saturated carbocycles. The summed E-state index contributed by atoms with van der Waals surface area (Å²) >= 11 is 0. The van der Waals surface area contributed by atoms with E-state index in [-0.39, 0.29) is 29.4 Å². The Morgan fingerprint density at radius 1 is 1.45 bits per heavy atom. The molecule has 0 bridgehead atoms. The third kappa shape index (κ3) is 7.38. The topological polar surface area (TPSA) is 80.7 Å². The van der Waals surface area contributed by atoms with Crippen LogP contribution in [-0.4, -0.2) is 28.4 Å². The highest BCUT2D eigenvalue weighted by molar-refractivity contribution is 5.79. The molecule has 1 N–H and O–H groups in total. The van der Waals surface area contributed by atoms with E-state index in [0.29, 0.717) is 25.7 Å². The van der Waals surface area contributed by atoms with E-state index in [4.69, 9.17) is 4.74 Å². The van der Waals surface area contributed by atoms with Gasteiger partial charge in [-0.3, -0.25) is 9.59 Å². The molecule has 1 rings (SSSR count). The van der Waals surface area contributed by atoms with Crippen molar-refractivity contribution >= 4 is 17.5 Å². The zero-order valence-corrected chi connectivity index (χ0v) is 13.1. The van der Waals surface area contributed by atoms with Gasteiger partial charge in [0.2, 0.25) is 5.79 Å². The second-order valence-corrected chi connectivity index (χ2v) is 5.72. The zero-order valence-electron chi connectivity index (χ0n) is 13.1. The van der Waals surface area contributed by atoms with E-state index in [0.717, 1.165) is 0 Å². The second kappa shape index (κ2) is 8.15. The Morgan fingerprint density at radius 2 is 2.00 bits per heavy atom. The van der Waals surface area contributed by atoms with Gasteiger partial charge in [-0.05, 0) is 26.7 Å². The van der Waals surface area contributed by atoms with E-state index in [9.17, 15) is 19.5 Å². The maximum absolute atomic E-state index is 10.6. The number of hydrogen-bond donors (Lipinski definition) is 1. The molecule has 3 unspecified atom stereocenters. The van der Waals surface area contributed by atoms with Gasteiger partial charge in [-0.1, -0.05) is 13.8 Å². The molecule has 1 heterocycles. The van der Waals surface area contributed by atoms with Crippen LogP contribution in [0.4, 0.5) is 0 Å². The van der Waals surface area contributed by atoms with Crippen molar-refractivity contribution in [2.24, 2.45) is 11.8 Å². The number of cyclic esters (lactones) is 1. The van der Waals surface area contributed by atoms with Crippen LogP contribution in [0.5, 0.6) is 0 Å². The molecule has 1 aliphatic rings. The molecule has 0 aromatic rings. The number of ketones is 2. The predicted octanol–water partition coefficient (Wildman–Crippen LogP) is 2.25. The number of rotatable bonds is 4. The predicted molar refractivity (Wildman–Crippen MR) is 74.9 cm³/mol. The average molecular weight is 286 g/mol. The quantitative estimate of drug-likeness (QED) is 0.802. The number of carbonyl (C=O) groups excluding carboxylic acids is 3. The number of ether oxygens (including phenoxy) is 1. The smallest absolute Gasteiger partial charge is 0.308 e. The van der Waals surface area contributed by atoms with Gasteiger partial charge in [-0.2, -0.15) is 0 Å². The van der Waals surface area contributed by atoms with Crippen molar-refractivity contribution in [1.29, 1.82) is 0 Å². The Bertz CT molecular complexity index is 359. The largest absolute Gasteiger partial charge is 0.433 e. The first-order valence-corrected chi connectivity index (χ1v) is 7.00. The van der Waals surface area contributed by atoms with Gasteiger partial charge in [0, 0.05) is 31.6 Å². The molecule has 5 heteroatoms. The van der Waals surface area contributed by atoms with E-state index in [1.807, 2.05) is 13.8 Å². The minimum atomic E-state index is -1.24. The van der Waals surface area contributed by atoms with Gasteiger partial charge >= 0.3 is 5.97 Å².